The zero-order valence-electron chi connectivity index (χ0n) is 19.1. The van der Waals surface area contributed by atoms with E-state index < -0.39 is 5.41 Å². The minimum absolute atomic E-state index is 0.0872. The molecule has 31 heavy (non-hydrogen) atoms. The molecular formula is C26H33NO3S. The van der Waals surface area contributed by atoms with Crippen molar-refractivity contribution in [1.82, 2.24) is 4.90 Å². The summed E-state index contributed by atoms with van der Waals surface area (Å²) in [6, 6.07) is 10.3. The van der Waals surface area contributed by atoms with Gasteiger partial charge in [0.15, 0.2) is 5.78 Å². The van der Waals surface area contributed by atoms with Gasteiger partial charge in [0.2, 0.25) is 0 Å². The zero-order valence-corrected chi connectivity index (χ0v) is 19.9. The van der Waals surface area contributed by atoms with E-state index in [1.54, 1.807) is 11.3 Å². The molecule has 1 unspecified atom stereocenters. The van der Waals surface area contributed by atoms with Gasteiger partial charge >= 0.3 is 0 Å². The number of rotatable bonds is 9. The highest BCUT2D eigenvalue weighted by atomic mass is 32.1. The fraction of sp³-hybridized carbons (Fsp3) is 0.500. The van der Waals surface area contributed by atoms with Crippen LogP contribution in [0.4, 0.5) is 0 Å². The summed E-state index contributed by atoms with van der Waals surface area (Å²) in [4.78, 5) is 28.8. The van der Waals surface area contributed by atoms with Crippen LogP contribution in [0.15, 0.2) is 36.4 Å². The Morgan fingerprint density at radius 3 is 2.65 bits per heavy atom. The van der Waals surface area contributed by atoms with E-state index in [9.17, 15) is 9.59 Å². The quantitative estimate of drug-likeness (QED) is 0.414. The van der Waals surface area contributed by atoms with Gasteiger partial charge in [0, 0.05) is 29.5 Å². The first-order valence-electron chi connectivity index (χ1n) is 11.0. The molecule has 166 valence electrons. The van der Waals surface area contributed by atoms with Gasteiger partial charge in [0.25, 0.3) is 0 Å². The lowest BCUT2D eigenvalue weighted by Gasteiger charge is -2.40. The first-order chi connectivity index (χ1) is 14.8. The van der Waals surface area contributed by atoms with Gasteiger partial charge in [0.05, 0.1) is 24.1 Å². The van der Waals surface area contributed by atoms with Crippen molar-refractivity contribution in [3.8, 4) is 0 Å². The summed E-state index contributed by atoms with van der Waals surface area (Å²) in [6.07, 6.45) is 4.56. The second kappa shape index (κ2) is 10.5. The Morgan fingerprint density at radius 1 is 1.19 bits per heavy atom. The molecule has 1 atom stereocenters. The maximum absolute atomic E-state index is 13.5. The molecule has 3 rings (SSSR count). The van der Waals surface area contributed by atoms with E-state index >= 15 is 0 Å². The second-order valence-corrected chi connectivity index (χ2v) is 10.2. The number of hydrogen-bond acceptors (Lipinski definition) is 5. The van der Waals surface area contributed by atoms with Crippen LogP contribution in [0.25, 0.3) is 0 Å². The predicted octanol–water partition coefficient (Wildman–Crippen LogP) is 4.84. The first-order valence-corrected chi connectivity index (χ1v) is 11.9. The van der Waals surface area contributed by atoms with Gasteiger partial charge in [-0.1, -0.05) is 37.6 Å². The highest BCUT2D eigenvalue weighted by molar-refractivity contribution is 7.14. The van der Waals surface area contributed by atoms with Gasteiger partial charge in [-0.15, -0.1) is 11.3 Å². The summed E-state index contributed by atoms with van der Waals surface area (Å²) in [5, 5.41) is 0. The van der Waals surface area contributed by atoms with Crippen LogP contribution in [-0.4, -0.2) is 49.0 Å². The molecule has 2 aromatic rings. The zero-order chi connectivity index (χ0) is 22.4. The van der Waals surface area contributed by atoms with E-state index in [4.69, 9.17) is 4.74 Å². The smallest absolute Gasteiger partial charge is 0.190 e. The third kappa shape index (κ3) is 6.02. The number of ether oxygens (including phenoxy) is 1. The summed E-state index contributed by atoms with van der Waals surface area (Å²) in [5.41, 5.74) is 3.45. The first kappa shape index (κ1) is 23.6. The van der Waals surface area contributed by atoms with Crippen LogP contribution in [0.2, 0.25) is 0 Å². The van der Waals surface area contributed by atoms with Crippen molar-refractivity contribution in [2.75, 3.05) is 26.3 Å². The summed E-state index contributed by atoms with van der Waals surface area (Å²) >= 11 is 1.59. The van der Waals surface area contributed by atoms with E-state index in [0.29, 0.717) is 26.3 Å². The van der Waals surface area contributed by atoms with Crippen LogP contribution >= 0.6 is 11.3 Å². The van der Waals surface area contributed by atoms with Crippen LogP contribution in [0.1, 0.15) is 51.5 Å². The molecule has 1 aliphatic rings. The fourth-order valence-corrected chi connectivity index (χ4v) is 5.36. The highest BCUT2D eigenvalue weighted by Gasteiger charge is 2.40. The molecule has 0 amide bonds. The maximum atomic E-state index is 13.5. The van der Waals surface area contributed by atoms with Crippen molar-refractivity contribution in [3.05, 3.63) is 62.9 Å². The molecular weight excluding hydrogens is 406 g/mol. The SMILES string of the molecule is Cc1ccc(C)c(CCCc2ccc(C(=O)C(N3CCOCC3)C(C)(C)C=C=O)s2)c1. The number of nitrogens with zero attached hydrogens (tertiary/aromatic N) is 1. The molecule has 1 fully saturated rings. The Bertz CT molecular complexity index is 949. The monoisotopic (exact) mass is 439 g/mol. The van der Waals surface area contributed by atoms with Gasteiger partial charge in [-0.3, -0.25) is 9.69 Å². The summed E-state index contributed by atoms with van der Waals surface area (Å²) in [5.74, 6) is 2.00. The lowest BCUT2D eigenvalue weighted by atomic mass is 9.80. The van der Waals surface area contributed by atoms with Crippen LogP contribution in [0.3, 0.4) is 0 Å². The van der Waals surface area contributed by atoms with Gasteiger partial charge in [-0.2, -0.15) is 0 Å². The number of benzene rings is 1. The molecule has 2 heterocycles. The number of thiophene rings is 1. The number of morpholine rings is 1. The van der Waals surface area contributed by atoms with Crippen LogP contribution < -0.4 is 0 Å². The van der Waals surface area contributed by atoms with E-state index in [0.717, 1.165) is 24.1 Å². The molecule has 1 aliphatic heterocycles. The minimum Gasteiger partial charge on any atom is -0.379 e. The largest absolute Gasteiger partial charge is 0.379 e. The van der Waals surface area contributed by atoms with Crippen LogP contribution in [0, 0.1) is 19.3 Å². The van der Waals surface area contributed by atoms with Gasteiger partial charge in [-0.25, -0.2) is 4.79 Å². The number of hydrogen-bond donors (Lipinski definition) is 0. The average Bonchev–Trinajstić information content (AvgIpc) is 3.20. The normalized spacial score (nSPS) is 16.0. The average molecular weight is 440 g/mol. The van der Waals surface area contributed by atoms with Crippen molar-refractivity contribution < 1.29 is 14.3 Å². The van der Waals surface area contributed by atoms with Crippen molar-refractivity contribution in [2.45, 2.75) is 53.0 Å². The third-order valence-corrected chi connectivity index (χ3v) is 7.23. The molecule has 0 spiro atoms. The number of carbonyl (C=O) groups excluding carboxylic acids is 2. The van der Waals surface area contributed by atoms with Crippen molar-refractivity contribution in [3.63, 3.8) is 0 Å². The Morgan fingerprint density at radius 2 is 1.94 bits per heavy atom. The highest BCUT2D eigenvalue weighted by Crippen LogP contribution is 2.32. The van der Waals surface area contributed by atoms with Crippen LogP contribution in [0.5, 0.6) is 0 Å². The summed E-state index contributed by atoms with van der Waals surface area (Å²) in [7, 11) is 0. The maximum Gasteiger partial charge on any atom is 0.190 e. The minimum atomic E-state index is -0.594. The standard InChI is InChI=1S/C26H33NO3S/c1-19-8-9-20(2)21(18-19)6-5-7-22-10-11-23(31-22)24(29)25(26(3,4)12-15-28)27-13-16-30-17-14-27/h8-12,18,25H,5-7,13-14,16-17H2,1-4H3. The predicted molar refractivity (Wildman–Crippen MR) is 127 cm³/mol. The Balaban J connectivity index is 1.70. The molecule has 1 saturated heterocycles. The molecule has 1 aromatic heterocycles. The van der Waals surface area contributed by atoms with Gasteiger partial charge < -0.3 is 4.74 Å². The van der Waals surface area contributed by atoms with Crippen molar-refractivity contribution >= 4 is 23.1 Å². The number of ketones is 1. The Labute approximate surface area is 189 Å². The van der Waals surface area contributed by atoms with Crippen molar-refractivity contribution in [2.24, 2.45) is 5.41 Å². The lowest BCUT2D eigenvalue weighted by molar-refractivity contribution is 0.000202. The number of aryl methyl sites for hydroxylation is 4. The molecule has 4 nitrogen and oxygen atoms in total. The van der Waals surface area contributed by atoms with Gasteiger partial charge in [-0.05, 0) is 56.4 Å². The second-order valence-electron chi connectivity index (χ2n) is 9.05. The molecule has 0 N–H and O–H groups in total. The van der Waals surface area contributed by atoms with E-state index in [-0.39, 0.29) is 11.8 Å². The fourth-order valence-electron chi connectivity index (χ4n) is 4.34. The van der Waals surface area contributed by atoms with Gasteiger partial charge in [0.1, 0.15) is 5.94 Å². The van der Waals surface area contributed by atoms with E-state index in [1.165, 1.54) is 27.6 Å². The number of carbonyl (C=O) groups is 1. The topological polar surface area (TPSA) is 46.6 Å². The Hall–Kier alpha value is -2.04. The van der Waals surface area contributed by atoms with E-state index in [2.05, 4.69) is 43.0 Å². The summed E-state index contributed by atoms with van der Waals surface area (Å²) in [6.45, 7) is 10.8. The molecule has 0 saturated carbocycles. The molecule has 5 heteroatoms. The number of Topliss-reactive ketones (excluding diaryl/α,β-unsaturated/α-hetero) is 1. The third-order valence-electron chi connectivity index (χ3n) is 6.07. The summed E-state index contributed by atoms with van der Waals surface area (Å²) < 4.78 is 5.47. The van der Waals surface area contributed by atoms with Crippen molar-refractivity contribution in [1.29, 1.82) is 0 Å². The van der Waals surface area contributed by atoms with E-state index in [1.807, 2.05) is 25.9 Å². The molecule has 0 aliphatic carbocycles. The van der Waals surface area contributed by atoms with Crippen LogP contribution in [-0.2, 0) is 22.4 Å². The Kier molecular flexibility index (Phi) is 8.01. The molecule has 0 radical (unpaired) electrons. The molecule has 0 bridgehead atoms. The lowest BCUT2D eigenvalue weighted by Crippen LogP contribution is -2.53. The molecule has 1 aromatic carbocycles.